The van der Waals surface area contributed by atoms with Crippen molar-refractivity contribution in [2.75, 3.05) is 6.61 Å². The number of amides is 1. The molecule has 6 nitrogen and oxygen atoms in total. The molecule has 2 N–H and O–H groups in total. The summed E-state index contributed by atoms with van der Waals surface area (Å²) in [5, 5.41) is 22.9. The number of nitrogens with one attached hydrogen (secondary N) is 1. The third-order valence-corrected chi connectivity index (χ3v) is 2.95. The molecule has 0 saturated heterocycles. The molecule has 0 spiro atoms. The van der Waals surface area contributed by atoms with E-state index in [0.29, 0.717) is 6.42 Å². The molecule has 0 heterocycles. The fourth-order valence-electron chi connectivity index (χ4n) is 1.86. The highest BCUT2D eigenvalue weighted by atomic mass is 35.5. The average molecular weight is 301 g/mol. The van der Waals surface area contributed by atoms with E-state index in [0.717, 1.165) is 6.07 Å². The van der Waals surface area contributed by atoms with Gasteiger partial charge in [0, 0.05) is 11.1 Å². The Kier molecular flexibility index (Phi) is 5.91. The summed E-state index contributed by atoms with van der Waals surface area (Å²) in [7, 11) is 0. The van der Waals surface area contributed by atoms with Gasteiger partial charge in [0.25, 0.3) is 11.6 Å². The molecule has 0 aliphatic rings. The van der Waals surface area contributed by atoms with Gasteiger partial charge in [0.1, 0.15) is 5.56 Å². The fraction of sp³-hybridized carbons (Fsp3) is 0.462. The van der Waals surface area contributed by atoms with Crippen LogP contribution in [0.15, 0.2) is 18.2 Å². The molecule has 1 atom stereocenters. The minimum Gasteiger partial charge on any atom is -0.394 e. The molecule has 110 valence electrons. The topological polar surface area (TPSA) is 92.5 Å². The zero-order valence-corrected chi connectivity index (χ0v) is 12.1. The van der Waals surface area contributed by atoms with Gasteiger partial charge in [-0.25, -0.2) is 0 Å². The molecule has 0 bridgehead atoms. The van der Waals surface area contributed by atoms with Crippen LogP contribution in [-0.4, -0.2) is 28.6 Å². The van der Waals surface area contributed by atoms with E-state index >= 15 is 0 Å². The van der Waals surface area contributed by atoms with Gasteiger partial charge in [-0.05, 0) is 24.5 Å². The van der Waals surface area contributed by atoms with Crippen LogP contribution < -0.4 is 5.32 Å². The molecule has 1 aromatic rings. The first-order valence-electron chi connectivity index (χ1n) is 6.20. The Labute approximate surface area is 121 Å². The molecule has 0 aliphatic carbocycles. The van der Waals surface area contributed by atoms with Crippen LogP contribution in [0.4, 0.5) is 5.69 Å². The predicted molar refractivity (Wildman–Crippen MR) is 75.9 cm³/mol. The quantitative estimate of drug-likeness (QED) is 0.623. The van der Waals surface area contributed by atoms with Gasteiger partial charge in [-0.3, -0.25) is 14.9 Å². The first kappa shape index (κ1) is 16.4. The Balaban J connectivity index is 2.94. The second kappa shape index (κ2) is 7.21. The van der Waals surface area contributed by atoms with Crippen LogP contribution in [0.2, 0.25) is 5.02 Å². The van der Waals surface area contributed by atoms with E-state index in [2.05, 4.69) is 5.32 Å². The van der Waals surface area contributed by atoms with Gasteiger partial charge in [-0.2, -0.15) is 0 Å². The fourth-order valence-corrected chi connectivity index (χ4v) is 2.03. The SMILES string of the molecule is CC(C)CC(CO)NC(=O)c1ccc(Cl)cc1[N+](=O)[O-]. The number of benzene rings is 1. The van der Waals surface area contributed by atoms with E-state index in [4.69, 9.17) is 11.6 Å². The van der Waals surface area contributed by atoms with Gasteiger partial charge >= 0.3 is 0 Å². The van der Waals surface area contributed by atoms with Crippen molar-refractivity contribution in [1.82, 2.24) is 5.32 Å². The van der Waals surface area contributed by atoms with Crippen molar-refractivity contribution in [2.24, 2.45) is 5.92 Å². The maximum Gasteiger partial charge on any atom is 0.283 e. The van der Waals surface area contributed by atoms with E-state index in [-0.39, 0.29) is 28.8 Å². The lowest BCUT2D eigenvalue weighted by Crippen LogP contribution is -2.38. The van der Waals surface area contributed by atoms with Crippen LogP contribution in [0.3, 0.4) is 0 Å². The smallest absolute Gasteiger partial charge is 0.283 e. The minimum absolute atomic E-state index is 0.0680. The van der Waals surface area contributed by atoms with Gasteiger partial charge in [-0.1, -0.05) is 25.4 Å². The molecule has 20 heavy (non-hydrogen) atoms. The molecule has 0 aromatic heterocycles. The first-order chi connectivity index (χ1) is 9.35. The molecule has 1 amide bonds. The summed E-state index contributed by atoms with van der Waals surface area (Å²) in [6.07, 6.45) is 0.587. The largest absolute Gasteiger partial charge is 0.394 e. The van der Waals surface area contributed by atoms with Crippen LogP contribution in [0.5, 0.6) is 0 Å². The van der Waals surface area contributed by atoms with Crippen LogP contribution in [0, 0.1) is 16.0 Å². The normalized spacial score (nSPS) is 12.2. The number of carbonyl (C=O) groups excluding carboxylic acids is 1. The molecule has 0 saturated carbocycles. The monoisotopic (exact) mass is 300 g/mol. The number of aliphatic hydroxyl groups excluding tert-OH is 1. The summed E-state index contributed by atoms with van der Waals surface area (Å²) in [5.41, 5.74) is -0.419. The van der Waals surface area contributed by atoms with Crippen LogP contribution in [0.1, 0.15) is 30.6 Å². The van der Waals surface area contributed by atoms with Crippen LogP contribution in [-0.2, 0) is 0 Å². The zero-order chi connectivity index (χ0) is 15.3. The van der Waals surface area contributed by atoms with E-state index < -0.39 is 16.9 Å². The molecule has 1 aromatic carbocycles. The predicted octanol–water partition coefficient (Wildman–Crippen LogP) is 2.39. The van der Waals surface area contributed by atoms with E-state index in [1.807, 2.05) is 13.8 Å². The van der Waals surface area contributed by atoms with E-state index in [1.54, 1.807) is 0 Å². The molecular weight excluding hydrogens is 284 g/mol. The molecule has 7 heteroatoms. The highest BCUT2D eigenvalue weighted by molar-refractivity contribution is 6.31. The van der Waals surface area contributed by atoms with Crippen molar-refractivity contribution in [3.63, 3.8) is 0 Å². The Morgan fingerprint density at radius 2 is 2.15 bits per heavy atom. The summed E-state index contributed by atoms with van der Waals surface area (Å²) in [6.45, 7) is 3.70. The van der Waals surface area contributed by atoms with E-state index in [1.165, 1.54) is 12.1 Å². The van der Waals surface area contributed by atoms with Crippen molar-refractivity contribution in [1.29, 1.82) is 0 Å². The Hall–Kier alpha value is -1.66. The third kappa shape index (κ3) is 4.47. The number of hydrogen-bond donors (Lipinski definition) is 2. The second-order valence-electron chi connectivity index (χ2n) is 4.90. The number of aliphatic hydroxyl groups is 1. The average Bonchev–Trinajstić information content (AvgIpc) is 2.36. The lowest BCUT2D eigenvalue weighted by Gasteiger charge is -2.18. The molecule has 0 radical (unpaired) electrons. The van der Waals surface area contributed by atoms with Gasteiger partial charge < -0.3 is 10.4 Å². The third-order valence-electron chi connectivity index (χ3n) is 2.71. The van der Waals surface area contributed by atoms with Gasteiger partial charge in [0.05, 0.1) is 17.6 Å². The summed E-state index contributed by atoms with van der Waals surface area (Å²) < 4.78 is 0. The van der Waals surface area contributed by atoms with Gasteiger partial charge in [0.2, 0.25) is 0 Å². The van der Waals surface area contributed by atoms with Crippen molar-refractivity contribution in [3.8, 4) is 0 Å². The van der Waals surface area contributed by atoms with Crippen molar-refractivity contribution < 1.29 is 14.8 Å². The van der Waals surface area contributed by atoms with Gasteiger partial charge in [-0.15, -0.1) is 0 Å². The number of nitro benzene ring substituents is 1. The number of hydrogen-bond acceptors (Lipinski definition) is 4. The number of nitrogens with zero attached hydrogens (tertiary/aromatic N) is 1. The second-order valence-corrected chi connectivity index (χ2v) is 5.34. The lowest BCUT2D eigenvalue weighted by atomic mass is 10.0. The van der Waals surface area contributed by atoms with Crippen molar-refractivity contribution in [3.05, 3.63) is 38.9 Å². The lowest BCUT2D eigenvalue weighted by molar-refractivity contribution is -0.385. The highest BCUT2D eigenvalue weighted by Crippen LogP contribution is 2.23. The maximum absolute atomic E-state index is 12.1. The Bertz CT molecular complexity index is 505. The van der Waals surface area contributed by atoms with Crippen LogP contribution >= 0.6 is 11.6 Å². The number of rotatable bonds is 6. The molecular formula is C13H17ClN2O4. The molecule has 0 aliphatic heterocycles. The Morgan fingerprint density at radius 1 is 1.50 bits per heavy atom. The summed E-state index contributed by atoms with van der Waals surface area (Å²) in [5.74, 6) is -0.305. The van der Waals surface area contributed by atoms with Gasteiger partial charge in [0.15, 0.2) is 0 Å². The highest BCUT2D eigenvalue weighted by Gasteiger charge is 2.22. The summed E-state index contributed by atoms with van der Waals surface area (Å²) in [6, 6.07) is 3.42. The van der Waals surface area contributed by atoms with Crippen molar-refractivity contribution >= 4 is 23.2 Å². The number of nitro groups is 1. The molecule has 1 rings (SSSR count). The summed E-state index contributed by atoms with van der Waals surface area (Å²) >= 11 is 5.69. The molecule has 1 unspecified atom stereocenters. The van der Waals surface area contributed by atoms with Crippen molar-refractivity contribution in [2.45, 2.75) is 26.3 Å². The number of halogens is 1. The zero-order valence-electron chi connectivity index (χ0n) is 11.3. The maximum atomic E-state index is 12.1. The molecule has 0 fully saturated rings. The van der Waals surface area contributed by atoms with Crippen LogP contribution in [0.25, 0.3) is 0 Å². The standard InChI is InChI=1S/C13H17ClN2O4/c1-8(2)5-10(7-17)15-13(18)11-4-3-9(14)6-12(11)16(19)20/h3-4,6,8,10,17H,5,7H2,1-2H3,(H,15,18). The Morgan fingerprint density at radius 3 is 2.65 bits per heavy atom. The van der Waals surface area contributed by atoms with E-state index in [9.17, 15) is 20.0 Å². The number of carbonyl (C=O) groups is 1. The summed E-state index contributed by atoms with van der Waals surface area (Å²) in [4.78, 5) is 22.3. The minimum atomic E-state index is -0.656. The first-order valence-corrected chi connectivity index (χ1v) is 6.58.